The Hall–Kier alpha value is -1.77. The van der Waals surface area contributed by atoms with E-state index in [0.717, 1.165) is 44.9 Å². The van der Waals surface area contributed by atoms with Crippen LogP contribution in [0.3, 0.4) is 0 Å². The number of allylic oxidation sites excluding steroid dienone is 5. The number of ether oxygens (including phenoxy) is 2. The molecule has 0 spiro atoms. The molecule has 298 valence electrons. The van der Waals surface area contributed by atoms with Gasteiger partial charge in [0, 0.05) is 19.0 Å². The molecule has 1 unspecified atom stereocenters. The van der Waals surface area contributed by atoms with Crippen molar-refractivity contribution >= 4 is 19.8 Å². The summed E-state index contributed by atoms with van der Waals surface area (Å²) in [5.41, 5.74) is 5.33. The number of hydrogen-bond acceptors (Lipinski definition) is 8. The Kier molecular flexibility index (Phi) is 36.7. The van der Waals surface area contributed by atoms with Gasteiger partial charge in [-0.2, -0.15) is 0 Å². The van der Waals surface area contributed by atoms with Gasteiger partial charge in [-0.15, -0.1) is 0 Å². The van der Waals surface area contributed by atoms with Crippen molar-refractivity contribution in [1.82, 2.24) is 0 Å². The van der Waals surface area contributed by atoms with Gasteiger partial charge in [0.2, 0.25) is 0 Å². The summed E-state index contributed by atoms with van der Waals surface area (Å²) in [6, 6.07) is 0. The zero-order valence-electron chi connectivity index (χ0n) is 32.6. The van der Waals surface area contributed by atoms with E-state index in [1.54, 1.807) is 6.08 Å². The summed E-state index contributed by atoms with van der Waals surface area (Å²) in [6.45, 7) is 3.58. The molecule has 0 aromatic carbocycles. The number of carbonyl (C=O) groups is 2. The molecule has 0 bridgehead atoms. The molecule has 0 saturated carbocycles. The van der Waals surface area contributed by atoms with Gasteiger partial charge in [0.15, 0.2) is 6.10 Å². The highest BCUT2D eigenvalue weighted by molar-refractivity contribution is 7.47. The van der Waals surface area contributed by atoms with Gasteiger partial charge < -0.3 is 20.1 Å². The van der Waals surface area contributed by atoms with Crippen LogP contribution in [-0.2, 0) is 32.7 Å². The van der Waals surface area contributed by atoms with E-state index in [2.05, 4.69) is 26.0 Å². The minimum atomic E-state index is -4.39. The Morgan fingerprint density at radius 2 is 1.10 bits per heavy atom. The normalized spacial score (nSPS) is 13.7. The Balaban J connectivity index is 4.30. The summed E-state index contributed by atoms with van der Waals surface area (Å²) in [5.74, 6) is -1.09. The predicted octanol–water partition coefficient (Wildman–Crippen LogP) is 11.4. The number of phosphoric acid groups is 1. The number of nitrogens with two attached hydrogens (primary N) is 1. The molecule has 0 aliphatic rings. The SMILES string of the molecule is CCCCCCCC/C=C/CCCCCCCC(=O)O[C@H](COC(=O)/C=C/C=C/CCCCCCCCCCCCC)COP(=O)(O)OCCN. The molecule has 0 aliphatic heterocycles. The quantitative estimate of drug-likeness (QED) is 0.0158. The van der Waals surface area contributed by atoms with Crippen LogP contribution in [0.2, 0.25) is 0 Å². The van der Waals surface area contributed by atoms with Crippen molar-refractivity contribution in [2.24, 2.45) is 5.73 Å². The van der Waals surface area contributed by atoms with Gasteiger partial charge >= 0.3 is 19.8 Å². The van der Waals surface area contributed by atoms with Gasteiger partial charge in [0.05, 0.1) is 13.2 Å². The molecule has 0 aromatic heterocycles. The molecule has 0 heterocycles. The van der Waals surface area contributed by atoms with Gasteiger partial charge in [-0.05, 0) is 44.9 Å². The van der Waals surface area contributed by atoms with E-state index in [4.69, 9.17) is 24.3 Å². The topological polar surface area (TPSA) is 134 Å². The number of esters is 2. The summed E-state index contributed by atoms with van der Waals surface area (Å²) in [7, 11) is -4.39. The summed E-state index contributed by atoms with van der Waals surface area (Å²) in [6.07, 6.45) is 40.9. The second-order valence-corrected chi connectivity index (χ2v) is 15.0. The van der Waals surface area contributed by atoms with E-state index in [1.807, 2.05) is 12.2 Å². The monoisotopic (exact) mass is 742 g/mol. The van der Waals surface area contributed by atoms with Gasteiger partial charge in [0.25, 0.3) is 0 Å². The predicted molar refractivity (Wildman–Crippen MR) is 210 cm³/mol. The van der Waals surface area contributed by atoms with E-state index in [9.17, 15) is 19.0 Å². The van der Waals surface area contributed by atoms with E-state index in [1.165, 1.54) is 115 Å². The highest BCUT2D eigenvalue weighted by Gasteiger charge is 2.25. The lowest BCUT2D eigenvalue weighted by molar-refractivity contribution is -0.159. The fraction of sp³-hybridized carbons (Fsp3) is 0.805. The van der Waals surface area contributed by atoms with Gasteiger partial charge in [0.1, 0.15) is 6.61 Å². The molecule has 51 heavy (non-hydrogen) atoms. The second kappa shape index (κ2) is 38.0. The van der Waals surface area contributed by atoms with Crippen molar-refractivity contribution in [3.63, 3.8) is 0 Å². The third-order valence-corrected chi connectivity index (χ3v) is 9.59. The van der Waals surface area contributed by atoms with Crippen LogP contribution in [0.4, 0.5) is 0 Å². The van der Waals surface area contributed by atoms with Crippen LogP contribution >= 0.6 is 7.82 Å². The van der Waals surface area contributed by atoms with Crippen LogP contribution in [0, 0.1) is 0 Å². The van der Waals surface area contributed by atoms with Crippen LogP contribution in [-0.4, -0.2) is 49.3 Å². The average Bonchev–Trinajstić information content (AvgIpc) is 3.11. The first-order valence-electron chi connectivity index (χ1n) is 20.5. The first-order valence-corrected chi connectivity index (χ1v) is 22.0. The minimum Gasteiger partial charge on any atom is -0.458 e. The van der Waals surface area contributed by atoms with Gasteiger partial charge in [-0.25, -0.2) is 9.36 Å². The van der Waals surface area contributed by atoms with Crippen LogP contribution in [0.1, 0.15) is 181 Å². The summed E-state index contributed by atoms with van der Waals surface area (Å²) in [4.78, 5) is 34.6. The third kappa shape index (κ3) is 37.8. The van der Waals surface area contributed by atoms with Crippen molar-refractivity contribution in [2.45, 2.75) is 187 Å². The molecule has 0 radical (unpaired) electrons. The Bertz CT molecular complexity index is 939. The molecule has 0 fully saturated rings. The van der Waals surface area contributed by atoms with Crippen molar-refractivity contribution in [2.75, 3.05) is 26.4 Å². The Labute approximate surface area is 312 Å². The van der Waals surface area contributed by atoms with E-state index >= 15 is 0 Å². The molecule has 10 heteroatoms. The van der Waals surface area contributed by atoms with Crippen molar-refractivity contribution in [3.05, 3.63) is 36.5 Å². The van der Waals surface area contributed by atoms with Crippen molar-refractivity contribution in [1.29, 1.82) is 0 Å². The highest BCUT2D eigenvalue weighted by atomic mass is 31.2. The number of unbranched alkanes of at least 4 members (excludes halogenated alkanes) is 22. The summed E-state index contributed by atoms with van der Waals surface area (Å²) in [5, 5.41) is 0. The number of hydrogen-bond donors (Lipinski definition) is 2. The summed E-state index contributed by atoms with van der Waals surface area (Å²) < 4.78 is 32.5. The molecule has 0 aliphatic carbocycles. The highest BCUT2D eigenvalue weighted by Crippen LogP contribution is 2.43. The fourth-order valence-corrected chi connectivity index (χ4v) is 6.31. The third-order valence-electron chi connectivity index (χ3n) is 8.60. The molecule has 0 aromatic rings. The van der Waals surface area contributed by atoms with E-state index < -0.39 is 32.5 Å². The lowest BCUT2D eigenvalue weighted by Gasteiger charge is -2.19. The van der Waals surface area contributed by atoms with Crippen LogP contribution < -0.4 is 5.73 Å². The standard InChI is InChI=1S/C41H76NO8P/c1-3-5-7-9-11-13-15-17-19-21-23-25-27-29-31-33-40(43)47-37-39(38-49-51(45,46)48-36-35-42)50-41(44)34-32-30-28-26-24-22-20-18-16-14-12-10-8-6-4-2/h18,20,27,29,31,33,39H,3-17,19,21-26,28,30,32,34-38,42H2,1-2H3,(H,45,46)/b20-18+,29-27+,33-31+/t39-/m1/s1. The van der Waals surface area contributed by atoms with Crippen LogP contribution in [0.25, 0.3) is 0 Å². The fourth-order valence-electron chi connectivity index (χ4n) is 5.54. The number of phosphoric ester groups is 1. The lowest BCUT2D eigenvalue weighted by Crippen LogP contribution is -2.29. The molecule has 0 saturated heterocycles. The molecule has 2 atom stereocenters. The maximum absolute atomic E-state index is 12.5. The second-order valence-electron chi connectivity index (χ2n) is 13.6. The van der Waals surface area contributed by atoms with Crippen LogP contribution in [0.15, 0.2) is 36.5 Å². The van der Waals surface area contributed by atoms with Crippen molar-refractivity contribution < 1.29 is 37.6 Å². The van der Waals surface area contributed by atoms with E-state index in [0.29, 0.717) is 6.42 Å². The Morgan fingerprint density at radius 3 is 1.61 bits per heavy atom. The van der Waals surface area contributed by atoms with Crippen molar-refractivity contribution in [3.8, 4) is 0 Å². The molecule has 0 rings (SSSR count). The molecular formula is C41H76NO8P. The van der Waals surface area contributed by atoms with E-state index in [-0.39, 0.29) is 26.2 Å². The molecule has 9 nitrogen and oxygen atoms in total. The zero-order valence-corrected chi connectivity index (χ0v) is 33.5. The average molecular weight is 742 g/mol. The smallest absolute Gasteiger partial charge is 0.458 e. The lowest BCUT2D eigenvalue weighted by atomic mass is 10.1. The summed E-state index contributed by atoms with van der Waals surface area (Å²) >= 11 is 0. The maximum atomic E-state index is 12.5. The minimum absolute atomic E-state index is 0.0416. The zero-order chi connectivity index (χ0) is 37.5. The van der Waals surface area contributed by atoms with Gasteiger partial charge in [-0.3, -0.25) is 13.8 Å². The molecule has 0 amide bonds. The number of rotatable bonds is 38. The number of carbonyl (C=O) groups excluding carboxylic acids is 2. The Morgan fingerprint density at radius 1 is 0.627 bits per heavy atom. The first kappa shape index (κ1) is 49.2. The first-order chi connectivity index (χ1) is 24.8. The molecule has 3 N–H and O–H groups in total. The maximum Gasteiger partial charge on any atom is 0.472 e. The molecular weight excluding hydrogens is 665 g/mol. The van der Waals surface area contributed by atoms with Crippen LogP contribution in [0.5, 0.6) is 0 Å². The van der Waals surface area contributed by atoms with Gasteiger partial charge in [-0.1, -0.05) is 160 Å². The largest absolute Gasteiger partial charge is 0.472 e.